The van der Waals surface area contributed by atoms with Crippen molar-refractivity contribution in [1.82, 2.24) is 4.90 Å². The number of amides is 1. The molecule has 0 saturated carbocycles. The lowest BCUT2D eigenvalue weighted by Crippen LogP contribution is -2.48. The normalized spacial score (nSPS) is 19.8. The van der Waals surface area contributed by atoms with Crippen molar-refractivity contribution >= 4 is 11.9 Å². The predicted molar refractivity (Wildman–Crippen MR) is 61.6 cm³/mol. The highest BCUT2D eigenvalue weighted by Gasteiger charge is 2.29. The molecule has 2 rings (SSSR count). The number of aromatic carboxylic acids is 1. The van der Waals surface area contributed by atoms with Crippen molar-refractivity contribution in [3.8, 4) is 0 Å². The quantitative estimate of drug-likeness (QED) is 0.876. The summed E-state index contributed by atoms with van der Waals surface area (Å²) in [5.74, 6) is -1.32. The third-order valence-electron chi connectivity index (χ3n) is 3.02. The Kier molecular flexibility index (Phi) is 3.66. The van der Waals surface area contributed by atoms with Crippen molar-refractivity contribution in [1.29, 1.82) is 0 Å². The van der Waals surface area contributed by atoms with Gasteiger partial charge in [0.2, 0.25) is 0 Å². The first kappa shape index (κ1) is 12.6. The second kappa shape index (κ2) is 5.22. The average Bonchev–Trinajstić information content (AvgIpc) is 2.87. The molecular weight excluding hydrogens is 238 g/mol. The van der Waals surface area contributed by atoms with E-state index in [1.807, 2.05) is 6.92 Å². The number of carbonyl (C=O) groups is 2. The van der Waals surface area contributed by atoms with Gasteiger partial charge in [-0.2, -0.15) is 0 Å². The van der Waals surface area contributed by atoms with Gasteiger partial charge in [-0.1, -0.05) is 6.92 Å². The summed E-state index contributed by atoms with van der Waals surface area (Å²) in [6, 6.07) is 1.27. The van der Waals surface area contributed by atoms with Crippen LogP contribution in [0.2, 0.25) is 0 Å². The van der Waals surface area contributed by atoms with E-state index in [1.54, 1.807) is 4.90 Å². The van der Waals surface area contributed by atoms with Crippen LogP contribution in [0.3, 0.4) is 0 Å². The lowest BCUT2D eigenvalue weighted by Gasteiger charge is -2.34. The Bertz CT molecular complexity index is 453. The maximum absolute atomic E-state index is 12.2. The summed E-state index contributed by atoms with van der Waals surface area (Å²) >= 11 is 0. The van der Waals surface area contributed by atoms with Gasteiger partial charge < -0.3 is 19.2 Å². The van der Waals surface area contributed by atoms with Crippen molar-refractivity contribution in [3.63, 3.8) is 0 Å². The van der Waals surface area contributed by atoms with Crippen LogP contribution in [0.4, 0.5) is 0 Å². The van der Waals surface area contributed by atoms with Crippen LogP contribution < -0.4 is 0 Å². The van der Waals surface area contributed by atoms with E-state index in [9.17, 15) is 9.59 Å². The maximum Gasteiger partial charge on any atom is 0.338 e. The van der Waals surface area contributed by atoms with Crippen molar-refractivity contribution in [2.75, 3.05) is 19.8 Å². The molecule has 0 radical (unpaired) electrons. The summed E-state index contributed by atoms with van der Waals surface area (Å²) in [6.45, 7) is 3.48. The van der Waals surface area contributed by atoms with Crippen LogP contribution in [0.15, 0.2) is 16.7 Å². The summed E-state index contributed by atoms with van der Waals surface area (Å²) in [5.41, 5.74) is -0.0142. The number of hydrogen-bond acceptors (Lipinski definition) is 4. The Labute approximate surface area is 104 Å². The van der Waals surface area contributed by atoms with Crippen molar-refractivity contribution in [3.05, 3.63) is 23.7 Å². The molecule has 1 amide bonds. The van der Waals surface area contributed by atoms with Gasteiger partial charge in [0.1, 0.15) is 6.26 Å². The van der Waals surface area contributed by atoms with E-state index in [1.165, 1.54) is 6.07 Å². The second-order valence-corrected chi connectivity index (χ2v) is 4.14. The number of hydrogen-bond donors (Lipinski definition) is 1. The molecule has 1 aliphatic rings. The molecule has 0 bridgehead atoms. The molecule has 1 aromatic rings. The van der Waals surface area contributed by atoms with E-state index < -0.39 is 5.97 Å². The summed E-state index contributed by atoms with van der Waals surface area (Å²) in [4.78, 5) is 24.6. The summed E-state index contributed by atoms with van der Waals surface area (Å²) in [6.07, 6.45) is 1.87. The standard InChI is InChI=1S/C12H15NO5/c1-2-9-7-17-4-3-13(9)11(14)10-5-8(6-18-10)12(15)16/h5-6,9H,2-4,7H2,1H3,(H,15,16). The molecular formula is C12H15NO5. The number of rotatable bonds is 3. The van der Waals surface area contributed by atoms with E-state index in [2.05, 4.69) is 0 Å². The van der Waals surface area contributed by atoms with Gasteiger partial charge in [-0.05, 0) is 6.42 Å². The fourth-order valence-electron chi connectivity index (χ4n) is 1.96. The predicted octanol–water partition coefficient (Wildman–Crippen LogP) is 1.23. The van der Waals surface area contributed by atoms with Gasteiger partial charge in [0.25, 0.3) is 5.91 Å². The van der Waals surface area contributed by atoms with Crippen LogP contribution in [0.25, 0.3) is 0 Å². The summed E-state index contributed by atoms with van der Waals surface area (Å²) in [5, 5.41) is 8.78. The molecule has 0 spiro atoms. The Morgan fingerprint density at radius 2 is 2.33 bits per heavy atom. The third kappa shape index (κ3) is 2.38. The number of carboxylic acid groups (broad SMARTS) is 1. The number of morpholine rings is 1. The molecule has 1 aromatic heterocycles. The average molecular weight is 253 g/mol. The highest BCUT2D eigenvalue weighted by atomic mass is 16.5. The smallest absolute Gasteiger partial charge is 0.338 e. The molecule has 1 fully saturated rings. The first-order chi connectivity index (χ1) is 8.63. The Morgan fingerprint density at radius 1 is 1.56 bits per heavy atom. The number of carboxylic acids is 1. The van der Waals surface area contributed by atoms with Gasteiger partial charge in [0.05, 0.1) is 24.8 Å². The lowest BCUT2D eigenvalue weighted by molar-refractivity contribution is -0.00433. The molecule has 1 atom stereocenters. The molecule has 98 valence electrons. The Hall–Kier alpha value is -1.82. The van der Waals surface area contributed by atoms with E-state index in [0.717, 1.165) is 12.7 Å². The van der Waals surface area contributed by atoms with Crippen LogP contribution in [0, 0.1) is 0 Å². The minimum atomic E-state index is -1.10. The topological polar surface area (TPSA) is 80.0 Å². The number of ether oxygens (including phenoxy) is 1. The zero-order valence-electron chi connectivity index (χ0n) is 10.1. The minimum Gasteiger partial charge on any atom is -0.478 e. The summed E-state index contributed by atoms with van der Waals surface area (Å²) < 4.78 is 10.3. The molecule has 1 saturated heterocycles. The molecule has 0 aromatic carbocycles. The van der Waals surface area contributed by atoms with Crippen molar-refractivity contribution in [2.45, 2.75) is 19.4 Å². The molecule has 6 nitrogen and oxygen atoms in total. The van der Waals surface area contributed by atoms with Gasteiger partial charge in [0.15, 0.2) is 5.76 Å². The largest absolute Gasteiger partial charge is 0.478 e. The Balaban J connectivity index is 2.15. The monoisotopic (exact) mass is 253 g/mol. The minimum absolute atomic E-state index is 0.0142. The zero-order chi connectivity index (χ0) is 13.1. The Morgan fingerprint density at radius 3 is 2.94 bits per heavy atom. The molecule has 18 heavy (non-hydrogen) atoms. The second-order valence-electron chi connectivity index (χ2n) is 4.14. The first-order valence-electron chi connectivity index (χ1n) is 5.84. The van der Waals surface area contributed by atoms with Crippen LogP contribution in [-0.2, 0) is 4.74 Å². The van der Waals surface area contributed by atoms with Gasteiger partial charge in [-0.25, -0.2) is 4.79 Å². The number of nitrogens with zero attached hydrogens (tertiary/aromatic N) is 1. The lowest BCUT2D eigenvalue weighted by atomic mass is 10.1. The molecule has 6 heteroatoms. The maximum atomic E-state index is 12.2. The first-order valence-corrected chi connectivity index (χ1v) is 5.84. The SMILES string of the molecule is CCC1COCCN1C(=O)c1cc(C(=O)O)co1. The van der Waals surface area contributed by atoms with Crippen LogP contribution >= 0.6 is 0 Å². The van der Waals surface area contributed by atoms with Crippen LogP contribution in [0.5, 0.6) is 0 Å². The van der Waals surface area contributed by atoms with Crippen LogP contribution in [0.1, 0.15) is 34.3 Å². The molecule has 2 heterocycles. The number of furan rings is 1. The third-order valence-corrected chi connectivity index (χ3v) is 3.02. The van der Waals surface area contributed by atoms with E-state index in [-0.39, 0.29) is 23.3 Å². The fourth-order valence-corrected chi connectivity index (χ4v) is 1.96. The molecule has 1 aliphatic heterocycles. The van der Waals surface area contributed by atoms with Gasteiger partial charge >= 0.3 is 5.97 Å². The fraction of sp³-hybridized carbons (Fsp3) is 0.500. The van der Waals surface area contributed by atoms with Crippen molar-refractivity contribution in [2.24, 2.45) is 0 Å². The van der Waals surface area contributed by atoms with E-state index in [4.69, 9.17) is 14.3 Å². The van der Waals surface area contributed by atoms with Crippen LogP contribution in [-0.4, -0.2) is 47.7 Å². The molecule has 1 unspecified atom stereocenters. The number of carbonyl (C=O) groups excluding carboxylic acids is 1. The highest BCUT2D eigenvalue weighted by molar-refractivity contribution is 5.95. The van der Waals surface area contributed by atoms with Gasteiger partial charge in [-0.3, -0.25) is 4.79 Å². The van der Waals surface area contributed by atoms with Gasteiger partial charge in [0, 0.05) is 12.6 Å². The molecule has 1 N–H and O–H groups in total. The van der Waals surface area contributed by atoms with Crippen molar-refractivity contribution < 1.29 is 23.8 Å². The highest BCUT2D eigenvalue weighted by Crippen LogP contribution is 2.16. The van der Waals surface area contributed by atoms with E-state index >= 15 is 0 Å². The van der Waals surface area contributed by atoms with E-state index in [0.29, 0.717) is 19.8 Å². The molecule has 0 aliphatic carbocycles. The van der Waals surface area contributed by atoms with Gasteiger partial charge in [-0.15, -0.1) is 0 Å². The zero-order valence-corrected chi connectivity index (χ0v) is 10.1. The summed E-state index contributed by atoms with van der Waals surface area (Å²) in [7, 11) is 0.